The van der Waals surface area contributed by atoms with Crippen molar-refractivity contribution in [3.63, 3.8) is 0 Å². The molecule has 0 bridgehead atoms. The summed E-state index contributed by atoms with van der Waals surface area (Å²) in [6, 6.07) is 9.72. The zero-order valence-corrected chi connectivity index (χ0v) is 14.3. The van der Waals surface area contributed by atoms with Gasteiger partial charge in [0.2, 0.25) is 11.6 Å². The second-order valence-electron chi connectivity index (χ2n) is 5.53. The number of hydrogen-bond donors (Lipinski definition) is 0. The number of aliphatic imine (C=N–C) groups is 1. The van der Waals surface area contributed by atoms with Crippen LogP contribution in [-0.2, 0) is 0 Å². The van der Waals surface area contributed by atoms with Crippen molar-refractivity contribution in [3.8, 4) is 11.5 Å². The molecular weight excluding hydrogens is 322 g/mol. The summed E-state index contributed by atoms with van der Waals surface area (Å²) in [5, 5.41) is 15.1. The molecule has 0 saturated carbocycles. The number of aromatic nitrogens is 4. The highest BCUT2D eigenvalue weighted by Crippen LogP contribution is 2.32. The van der Waals surface area contributed by atoms with Crippen LogP contribution in [0.4, 0.5) is 10.0 Å². The van der Waals surface area contributed by atoms with E-state index in [9.17, 15) is 0 Å². The molecule has 4 heterocycles. The third-order valence-corrected chi connectivity index (χ3v) is 4.73. The second-order valence-corrected chi connectivity index (χ2v) is 6.57. The molecule has 0 saturated heterocycles. The summed E-state index contributed by atoms with van der Waals surface area (Å²) in [6.07, 6.45) is 1.73. The Morgan fingerprint density at radius 2 is 1.92 bits per heavy atom. The molecule has 3 aromatic heterocycles. The molecule has 0 atom stereocenters. The van der Waals surface area contributed by atoms with Crippen LogP contribution in [0.25, 0.3) is 11.5 Å². The lowest BCUT2D eigenvalue weighted by Crippen LogP contribution is -2.08. The van der Waals surface area contributed by atoms with Crippen LogP contribution >= 0.6 is 11.3 Å². The van der Waals surface area contributed by atoms with Crippen molar-refractivity contribution in [1.82, 2.24) is 19.9 Å². The van der Waals surface area contributed by atoms with Gasteiger partial charge in [-0.1, -0.05) is 17.4 Å². The molecule has 1 aliphatic heterocycles. The van der Waals surface area contributed by atoms with E-state index in [2.05, 4.69) is 31.2 Å². The van der Waals surface area contributed by atoms with Gasteiger partial charge in [0.15, 0.2) is 0 Å². The van der Waals surface area contributed by atoms with Gasteiger partial charge in [-0.25, -0.2) is 4.99 Å². The summed E-state index contributed by atoms with van der Waals surface area (Å²) >= 11 is 1.62. The van der Waals surface area contributed by atoms with Crippen molar-refractivity contribution >= 4 is 32.8 Å². The molecule has 0 amide bonds. The molecule has 0 fully saturated rings. The Morgan fingerprint density at radius 3 is 2.62 bits per heavy atom. The maximum atomic E-state index is 4.72. The third kappa shape index (κ3) is 2.41. The highest BCUT2D eigenvalue weighted by Gasteiger charge is 2.26. The van der Waals surface area contributed by atoms with E-state index in [-0.39, 0.29) is 0 Å². The molecule has 8 heteroatoms. The van der Waals surface area contributed by atoms with Gasteiger partial charge in [-0.3, -0.25) is 4.98 Å². The molecule has 4 rings (SSSR count). The summed E-state index contributed by atoms with van der Waals surface area (Å²) < 4.78 is 1.71. The first-order valence-corrected chi connectivity index (χ1v) is 8.24. The predicted molar refractivity (Wildman–Crippen MR) is 96.6 cm³/mol. The number of thiophene rings is 1. The Hall–Kier alpha value is -2.87. The fraction of sp³-hybridized carbons (Fsp3) is 0.188. The van der Waals surface area contributed by atoms with Gasteiger partial charge in [0.25, 0.3) is 0 Å². The van der Waals surface area contributed by atoms with Crippen LogP contribution in [0.1, 0.15) is 12.7 Å². The normalized spacial score (nSPS) is 14.8. The first kappa shape index (κ1) is 14.7. The molecule has 0 aliphatic carbocycles. The molecular formula is C16H15N7S. The molecule has 0 N–H and O–H groups in total. The molecule has 0 unspecified atom stereocenters. The molecule has 0 aromatic carbocycles. The van der Waals surface area contributed by atoms with Crippen molar-refractivity contribution in [2.24, 2.45) is 10.1 Å². The molecule has 0 radical (unpaired) electrons. The largest absolute Gasteiger partial charge is 0.370 e. The van der Waals surface area contributed by atoms with Crippen molar-refractivity contribution in [1.29, 1.82) is 0 Å². The quantitative estimate of drug-likeness (QED) is 0.737. The number of fused-ring (bicyclic) bond motifs is 1. The Labute approximate surface area is 143 Å². The van der Waals surface area contributed by atoms with E-state index >= 15 is 0 Å². The van der Waals surface area contributed by atoms with Crippen LogP contribution < -0.4 is 4.90 Å². The minimum Gasteiger partial charge on any atom is -0.370 e. The number of hydrogen-bond acceptors (Lipinski definition) is 7. The zero-order chi connectivity index (χ0) is 16.7. The Morgan fingerprint density at radius 1 is 1.08 bits per heavy atom. The monoisotopic (exact) mass is 337 g/mol. The summed E-state index contributed by atoms with van der Waals surface area (Å²) in [7, 11) is 4.03. The van der Waals surface area contributed by atoms with Crippen molar-refractivity contribution in [2.75, 3.05) is 19.0 Å². The fourth-order valence-corrected chi connectivity index (χ4v) is 3.20. The smallest absolute Gasteiger partial charge is 0.205 e. The average Bonchev–Trinajstić information content (AvgIpc) is 3.26. The maximum Gasteiger partial charge on any atom is 0.205 e. The molecule has 1 aliphatic rings. The van der Waals surface area contributed by atoms with E-state index in [4.69, 9.17) is 4.99 Å². The number of anilines is 1. The van der Waals surface area contributed by atoms with Crippen LogP contribution in [0.3, 0.4) is 0 Å². The van der Waals surface area contributed by atoms with Gasteiger partial charge >= 0.3 is 0 Å². The predicted octanol–water partition coefficient (Wildman–Crippen LogP) is 2.83. The fourth-order valence-electron chi connectivity index (χ4n) is 2.40. The molecule has 0 spiro atoms. The van der Waals surface area contributed by atoms with E-state index in [1.54, 1.807) is 22.2 Å². The zero-order valence-electron chi connectivity index (χ0n) is 13.5. The van der Waals surface area contributed by atoms with Gasteiger partial charge in [-0.05, 0) is 31.2 Å². The van der Waals surface area contributed by atoms with Gasteiger partial charge in [-0.2, -0.15) is 9.78 Å². The Kier molecular flexibility index (Phi) is 3.46. The summed E-state index contributed by atoms with van der Waals surface area (Å²) in [5.41, 5.74) is 2.30. The first-order valence-electron chi connectivity index (χ1n) is 7.42. The SMILES string of the molecule is CC1=Nn2c(nnc2-c2ccccn2)/C1=N/c1ccc(N(C)C)s1. The van der Waals surface area contributed by atoms with E-state index in [0.29, 0.717) is 11.6 Å². The second kappa shape index (κ2) is 5.64. The van der Waals surface area contributed by atoms with E-state index in [0.717, 1.165) is 27.1 Å². The minimum atomic E-state index is 0.621. The lowest BCUT2D eigenvalue weighted by atomic mass is 10.2. The maximum absolute atomic E-state index is 4.72. The molecule has 7 nitrogen and oxygen atoms in total. The highest BCUT2D eigenvalue weighted by atomic mass is 32.1. The van der Waals surface area contributed by atoms with Gasteiger partial charge in [0, 0.05) is 20.3 Å². The molecule has 3 aromatic rings. The topological polar surface area (TPSA) is 71.6 Å². The minimum absolute atomic E-state index is 0.621. The van der Waals surface area contributed by atoms with Crippen LogP contribution in [0, 0.1) is 0 Å². The molecule has 24 heavy (non-hydrogen) atoms. The van der Waals surface area contributed by atoms with Crippen LogP contribution in [0.15, 0.2) is 46.6 Å². The van der Waals surface area contributed by atoms with E-state index in [1.807, 2.05) is 45.3 Å². The van der Waals surface area contributed by atoms with Crippen LogP contribution in [0.5, 0.6) is 0 Å². The number of rotatable bonds is 3. The standard InChI is InChI=1S/C16H15N7S/c1-10-14(18-12-7-8-13(24-12)22(2)3)16-20-19-15(23(16)21-10)11-6-4-5-9-17-11/h4-9H,1-3H3/b18-14+. The van der Waals surface area contributed by atoms with E-state index < -0.39 is 0 Å². The van der Waals surface area contributed by atoms with Gasteiger partial charge < -0.3 is 4.90 Å². The van der Waals surface area contributed by atoms with Crippen molar-refractivity contribution < 1.29 is 0 Å². The summed E-state index contributed by atoms with van der Waals surface area (Å²) in [5.74, 6) is 1.27. The van der Waals surface area contributed by atoms with Gasteiger partial charge in [0.05, 0.1) is 10.7 Å². The van der Waals surface area contributed by atoms with Gasteiger partial charge in [-0.15, -0.1) is 10.2 Å². The highest BCUT2D eigenvalue weighted by molar-refractivity contribution is 7.19. The van der Waals surface area contributed by atoms with E-state index in [1.165, 1.54) is 0 Å². The third-order valence-electron chi connectivity index (χ3n) is 3.58. The van der Waals surface area contributed by atoms with Crippen molar-refractivity contribution in [3.05, 3.63) is 42.4 Å². The average molecular weight is 337 g/mol. The molecule has 120 valence electrons. The lowest BCUT2D eigenvalue weighted by Gasteiger charge is -2.06. The first-order chi connectivity index (χ1) is 11.6. The van der Waals surface area contributed by atoms with Crippen LogP contribution in [0.2, 0.25) is 0 Å². The van der Waals surface area contributed by atoms with Crippen molar-refractivity contribution in [2.45, 2.75) is 6.92 Å². The van der Waals surface area contributed by atoms with Gasteiger partial charge in [0.1, 0.15) is 16.4 Å². The van der Waals surface area contributed by atoms with Crippen LogP contribution in [-0.4, -0.2) is 45.4 Å². The number of nitrogens with zero attached hydrogens (tertiary/aromatic N) is 7. The lowest BCUT2D eigenvalue weighted by molar-refractivity contribution is 0.885. The number of pyridine rings is 1. The Bertz CT molecular complexity index is 950. The summed E-state index contributed by atoms with van der Waals surface area (Å²) in [4.78, 5) is 11.1. The Balaban J connectivity index is 1.75. The summed E-state index contributed by atoms with van der Waals surface area (Å²) in [6.45, 7) is 1.93.